The van der Waals surface area contributed by atoms with E-state index in [1.54, 1.807) is 48.5 Å². The standard InChI is InChI=1S/C24H18O4S.2CHNO/c25-29(26,23-15-11-21(12-16-23)27-19-7-3-1-4-8-19)24-17-13-22(14-18-24)28-20-9-5-2-6-10-20;2*2-1-3/h1-18H;2*2H. The molecule has 0 aliphatic heterocycles. The van der Waals surface area contributed by atoms with Crippen molar-refractivity contribution in [1.29, 1.82) is 10.8 Å². The maximum Gasteiger partial charge on any atom is 0.231 e. The average Bonchev–Trinajstić information content (AvgIpc) is 2.87. The van der Waals surface area contributed by atoms with Crippen molar-refractivity contribution in [2.24, 2.45) is 0 Å². The summed E-state index contributed by atoms with van der Waals surface area (Å²) in [5.41, 5.74) is 0. The van der Waals surface area contributed by atoms with E-state index in [0.29, 0.717) is 23.0 Å². The number of carbonyl (C=O) groups excluding carboxylic acids is 2. The van der Waals surface area contributed by atoms with E-state index in [4.69, 9.17) is 29.9 Å². The Labute approximate surface area is 202 Å². The number of benzene rings is 4. The van der Waals surface area contributed by atoms with E-state index in [2.05, 4.69) is 0 Å². The van der Waals surface area contributed by atoms with Crippen LogP contribution in [0.5, 0.6) is 23.0 Å². The second-order valence-electron chi connectivity index (χ2n) is 6.48. The molecule has 4 aromatic rings. The van der Waals surface area contributed by atoms with Gasteiger partial charge in [0.1, 0.15) is 23.0 Å². The van der Waals surface area contributed by atoms with Crippen LogP contribution in [0, 0.1) is 10.8 Å². The molecule has 2 N–H and O–H groups in total. The van der Waals surface area contributed by atoms with Gasteiger partial charge in [-0.3, -0.25) is 0 Å². The summed E-state index contributed by atoms with van der Waals surface area (Å²) in [6, 6.07) is 31.4. The first-order chi connectivity index (χ1) is 16.9. The lowest BCUT2D eigenvalue weighted by Gasteiger charge is -2.09. The highest BCUT2D eigenvalue weighted by molar-refractivity contribution is 7.91. The largest absolute Gasteiger partial charge is 0.457 e. The summed E-state index contributed by atoms with van der Waals surface area (Å²) in [5.74, 6) is 2.53. The van der Waals surface area contributed by atoms with Crippen LogP contribution in [-0.2, 0) is 19.4 Å². The molecule has 4 aromatic carbocycles. The van der Waals surface area contributed by atoms with Gasteiger partial charge in [-0.05, 0) is 72.8 Å². The Morgan fingerprint density at radius 2 is 0.743 bits per heavy atom. The van der Waals surface area contributed by atoms with E-state index < -0.39 is 9.84 Å². The number of nitrogens with one attached hydrogen (secondary N) is 2. The van der Waals surface area contributed by atoms with E-state index in [1.165, 1.54) is 0 Å². The first kappa shape index (κ1) is 26.4. The van der Waals surface area contributed by atoms with Gasteiger partial charge in [0.05, 0.1) is 9.79 Å². The van der Waals surface area contributed by atoms with Crippen molar-refractivity contribution in [3.8, 4) is 23.0 Å². The molecule has 0 saturated heterocycles. The molecule has 176 valence electrons. The van der Waals surface area contributed by atoms with Crippen molar-refractivity contribution in [1.82, 2.24) is 0 Å². The van der Waals surface area contributed by atoms with Crippen molar-refractivity contribution in [3.63, 3.8) is 0 Å². The van der Waals surface area contributed by atoms with Gasteiger partial charge in [-0.25, -0.2) is 28.8 Å². The highest BCUT2D eigenvalue weighted by Crippen LogP contribution is 2.28. The van der Waals surface area contributed by atoms with E-state index in [-0.39, 0.29) is 9.79 Å². The molecular formula is C26H20N2O6S. The summed E-state index contributed by atoms with van der Waals surface area (Å²) in [7, 11) is -3.63. The number of hydrogen-bond donors (Lipinski definition) is 2. The minimum absolute atomic E-state index is 0.203. The van der Waals surface area contributed by atoms with Crippen molar-refractivity contribution in [2.45, 2.75) is 9.79 Å². The van der Waals surface area contributed by atoms with Crippen molar-refractivity contribution >= 4 is 22.0 Å². The van der Waals surface area contributed by atoms with Gasteiger partial charge in [0.25, 0.3) is 0 Å². The summed E-state index contributed by atoms with van der Waals surface area (Å²) in [6.07, 6.45) is 1.50. The lowest BCUT2D eigenvalue weighted by atomic mass is 10.3. The molecule has 0 aliphatic carbocycles. The van der Waals surface area contributed by atoms with Gasteiger partial charge in [0.15, 0.2) is 0 Å². The molecule has 0 aromatic heterocycles. The van der Waals surface area contributed by atoms with E-state index in [0.717, 1.165) is 12.2 Å². The zero-order chi connectivity index (χ0) is 25.5. The van der Waals surface area contributed by atoms with E-state index in [9.17, 15) is 8.42 Å². The molecule has 0 saturated carbocycles. The molecule has 0 atom stereocenters. The Hall–Kier alpha value is -4.81. The van der Waals surface area contributed by atoms with Gasteiger partial charge in [-0.2, -0.15) is 0 Å². The topological polar surface area (TPSA) is 134 Å². The van der Waals surface area contributed by atoms with E-state index >= 15 is 0 Å². The maximum absolute atomic E-state index is 12.9. The fraction of sp³-hybridized carbons (Fsp3) is 0. The summed E-state index contributed by atoms with van der Waals surface area (Å²) in [4.78, 5) is 17.1. The number of para-hydroxylation sites is 2. The van der Waals surface area contributed by atoms with Crippen molar-refractivity contribution in [2.75, 3.05) is 0 Å². The Morgan fingerprint density at radius 3 is 1.03 bits per heavy atom. The lowest BCUT2D eigenvalue weighted by Crippen LogP contribution is -2.01. The van der Waals surface area contributed by atoms with Gasteiger partial charge in [-0.15, -0.1) is 0 Å². The summed E-state index contributed by atoms with van der Waals surface area (Å²) < 4.78 is 37.2. The first-order valence-corrected chi connectivity index (χ1v) is 11.4. The number of isocyanates is 2. The van der Waals surface area contributed by atoms with Crippen LogP contribution in [0.1, 0.15) is 0 Å². The monoisotopic (exact) mass is 488 g/mol. The molecule has 9 heteroatoms. The Bertz CT molecular complexity index is 1260. The van der Waals surface area contributed by atoms with Crippen molar-refractivity contribution in [3.05, 3.63) is 109 Å². The van der Waals surface area contributed by atoms with Gasteiger partial charge in [0, 0.05) is 0 Å². The van der Waals surface area contributed by atoms with Crippen LogP contribution in [0.3, 0.4) is 0 Å². The SMILES string of the molecule is N=C=O.N=C=O.O=S(=O)(c1ccc(Oc2ccccc2)cc1)c1ccc(Oc2ccccc2)cc1. The molecule has 0 unspecified atom stereocenters. The zero-order valence-corrected chi connectivity index (χ0v) is 19.1. The van der Waals surface area contributed by atoms with E-state index in [1.807, 2.05) is 60.7 Å². The molecule has 0 spiro atoms. The predicted molar refractivity (Wildman–Crippen MR) is 128 cm³/mol. The highest BCUT2D eigenvalue weighted by atomic mass is 32.2. The van der Waals surface area contributed by atoms with Gasteiger partial charge in [0.2, 0.25) is 22.0 Å². The highest BCUT2D eigenvalue weighted by Gasteiger charge is 2.18. The van der Waals surface area contributed by atoms with Crippen LogP contribution in [-0.4, -0.2) is 20.6 Å². The molecule has 0 heterocycles. The molecule has 35 heavy (non-hydrogen) atoms. The molecule has 0 bridgehead atoms. The third-order valence-corrected chi connectivity index (χ3v) is 6.01. The number of ether oxygens (including phenoxy) is 2. The van der Waals surface area contributed by atoms with Crippen LogP contribution in [0.25, 0.3) is 0 Å². The van der Waals surface area contributed by atoms with Crippen LogP contribution < -0.4 is 9.47 Å². The zero-order valence-electron chi connectivity index (χ0n) is 18.3. The smallest absolute Gasteiger partial charge is 0.231 e. The Morgan fingerprint density at radius 1 is 0.486 bits per heavy atom. The quantitative estimate of drug-likeness (QED) is 0.256. The van der Waals surface area contributed by atoms with Gasteiger partial charge in [-0.1, -0.05) is 36.4 Å². The molecule has 0 radical (unpaired) electrons. The second kappa shape index (κ2) is 13.7. The fourth-order valence-electron chi connectivity index (χ4n) is 2.76. The number of rotatable bonds is 6. The summed E-state index contributed by atoms with van der Waals surface area (Å²) in [5, 5.41) is 10.8. The molecule has 0 fully saturated rings. The third-order valence-electron chi connectivity index (χ3n) is 4.23. The fourth-order valence-corrected chi connectivity index (χ4v) is 4.02. The van der Waals surface area contributed by atoms with Crippen LogP contribution in [0.4, 0.5) is 0 Å². The second-order valence-corrected chi connectivity index (χ2v) is 8.43. The van der Waals surface area contributed by atoms with Gasteiger partial charge < -0.3 is 9.47 Å². The average molecular weight is 489 g/mol. The van der Waals surface area contributed by atoms with Crippen LogP contribution >= 0.6 is 0 Å². The number of sulfone groups is 1. The summed E-state index contributed by atoms with van der Waals surface area (Å²) >= 11 is 0. The van der Waals surface area contributed by atoms with Crippen molar-refractivity contribution < 1.29 is 27.5 Å². The Balaban J connectivity index is 0.000000655. The normalized spacial score (nSPS) is 9.60. The predicted octanol–water partition coefficient (Wildman–Crippen LogP) is 5.91. The molecular weight excluding hydrogens is 468 g/mol. The molecule has 0 amide bonds. The first-order valence-electron chi connectivity index (χ1n) is 9.93. The lowest BCUT2D eigenvalue weighted by molar-refractivity contribution is 0.482. The molecule has 0 aliphatic rings. The van der Waals surface area contributed by atoms with Crippen LogP contribution in [0.15, 0.2) is 119 Å². The number of hydrogen-bond acceptors (Lipinski definition) is 8. The maximum atomic E-state index is 12.9. The minimum Gasteiger partial charge on any atom is -0.457 e. The molecule has 4 rings (SSSR count). The molecule has 8 nitrogen and oxygen atoms in total. The third kappa shape index (κ3) is 8.24. The summed E-state index contributed by atoms with van der Waals surface area (Å²) in [6.45, 7) is 0. The Kier molecular flexibility index (Phi) is 10.3. The van der Waals surface area contributed by atoms with Crippen LogP contribution in [0.2, 0.25) is 0 Å². The minimum atomic E-state index is -3.63. The van der Waals surface area contributed by atoms with Gasteiger partial charge >= 0.3 is 0 Å².